The van der Waals surface area contributed by atoms with Gasteiger partial charge in [0.05, 0.1) is 11.0 Å². The van der Waals surface area contributed by atoms with E-state index in [1.54, 1.807) is 10.5 Å². The molecule has 3 aromatic rings. The van der Waals surface area contributed by atoms with E-state index in [1.807, 2.05) is 24.5 Å². The van der Waals surface area contributed by atoms with Crippen molar-refractivity contribution in [2.45, 2.75) is 45.3 Å². The first-order valence-corrected chi connectivity index (χ1v) is 12.5. The molecule has 9 heteroatoms. The van der Waals surface area contributed by atoms with Gasteiger partial charge in [-0.25, -0.2) is 18.4 Å². The van der Waals surface area contributed by atoms with Gasteiger partial charge in [-0.05, 0) is 51.7 Å². The van der Waals surface area contributed by atoms with Gasteiger partial charge < -0.3 is 14.0 Å². The third kappa shape index (κ3) is 3.25. The van der Waals surface area contributed by atoms with Crippen molar-refractivity contribution in [3.05, 3.63) is 36.3 Å². The van der Waals surface area contributed by atoms with Crippen LogP contribution < -0.4 is 4.90 Å². The summed E-state index contributed by atoms with van der Waals surface area (Å²) in [5.41, 5.74) is 2.16. The number of aromatic nitrogens is 4. The number of fused-ring (bicyclic) bond motifs is 2. The lowest BCUT2D eigenvalue weighted by Crippen LogP contribution is -2.34. The number of nitrogens with zero attached hydrogens (tertiary/aromatic N) is 6. The van der Waals surface area contributed by atoms with Gasteiger partial charge in [-0.3, -0.25) is 0 Å². The Morgan fingerprint density at radius 1 is 1.06 bits per heavy atom. The van der Waals surface area contributed by atoms with Crippen LogP contribution in [0, 0.1) is 18.8 Å². The maximum absolute atomic E-state index is 13.2. The predicted molar refractivity (Wildman–Crippen MR) is 121 cm³/mol. The zero-order chi connectivity index (χ0) is 21.9. The first-order chi connectivity index (χ1) is 14.8. The second-order valence-corrected chi connectivity index (χ2v) is 10.9. The van der Waals surface area contributed by atoms with Crippen molar-refractivity contribution in [2.24, 2.45) is 11.8 Å². The summed E-state index contributed by atoms with van der Waals surface area (Å²) in [5, 5.41) is 0.172. The Labute approximate surface area is 183 Å². The number of anilines is 1. The maximum atomic E-state index is 13.2. The number of benzene rings is 1. The number of aryl methyl sites for hydroxylation is 2. The molecule has 1 aromatic carbocycles. The molecular weight excluding hydrogens is 412 g/mol. The highest BCUT2D eigenvalue weighted by molar-refractivity contribution is 7.89. The molecule has 2 aromatic heterocycles. The molecule has 8 nitrogen and oxygen atoms in total. The minimum atomic E-state index is -3.55. The van der Waals surface area contributed by atoms with Gasteiger partial charge in [0, 0.05) is 45.0 Å². The van der Waals surface area contributed by atoms with Crippen molar-refractivity contribution in [2.75, 3.05) is 31.1 Å². The Morgan fingerprint density at radius 3 is 2.35 bits per heavy atom. The second kappa shape index (κ2) is 7.34. The highest BCUT2D eigenvalue weighted by Gasteiger charge is 2.46. The van der Waals surface area contributed by atoms with Crippen LogP contribution in [0.5, 0.6) is 0 Å². The molecule has 0 bridgehead atoms. The third-order valence-corrected chi connectivity index (χ3v) is 8.43. The monoisotopic (exact) mass is 442 g/mol. The molecule has 166 valence electrons. The standard InChI is InChI=1S/C22H30N6O2S/c1-5-25-14-21(23-16(25)4)31(29,30)27-12-17-10-26(11-18(17)13-27)22-24-19-8-6-7-9-20(19)28(22)15(2)3/h6-9,14-15,17-18H,5,10-13H2,1-4H3. The highest BCUT2D eigenvalue weighted by Crippen LogP contribution is 2.37. The fourth-order valence-electron chi connectivity index (χ4n) is 5.13. The van der Waals surface area contributed by atoms with Gasteiger partial charge in [0.2, 0.25) is 5.95 Å². The smallest absolute Gasteiger partial charge is 0.262 e. The Kier molecular flexibility index (Phi) is 4.86. The van der Waals surface area contributed by atoms with Crippen LogP contribution in [-0.2, 0) is 16.6 Å². The van der Waals surface area contributed by atoms with E-state index in [9.17, 15) is 8.42 Å². The first kappa shape index (κ1) is 20.5. The highest BCUT2D eigenvalue weighted by atomic mass is 32.2. The SMILES string of the molecule is CCn1cc(S(=O)(=O)N2CC3CN(c4nc5ccccc5n4C(C)C)CC3C2)nc1C. The Balaban J connectivity index is 1.37. The molecule has 2 fully saturated rings. The molecule has 0 aliphatic carbocycles. The number of rotatable bonds is 5. The maximum Gasteiger partial charge on any atom is 0.262 e. The first-order valence-electron chi connectivity index (χ1n) is 11.1. The number of hydrogen-bond donors (Lipinski definition) is 0. The molecule has 2 unspecified atom stereocenters. The molecule has 0 N–H and O–H groups in total. The summed E-state index contributed by atoms with van der Waals surface area (Å²) in [7, 11) is -3.55. The molecule has 0 amide bonds. The van der Waals surface area contributed by atoms with Crippen molar-refractivity contribution in [3.63, 3.8) is 0 Å². The fourth-order valence-corrected chi connectivity index (χ4v) is 6.68. The minimum absolute atomic E-state index is 0.172. The van der Waals surface area contributed by atoms with E-state index in [-0.39, 0.29) is 5.03 Å². The van der Waals surface area contributed by atoms with Crippen LogP contribution in [0.3, 0.4) is 0 Å². The fraction of sp³-hybridized carbons (Fsp3) is 0.545. The van der Waals surface area contributed by atoms with Gasteiger partial charge in [0.1, 0.15) is 5.82 Å². The van der Waals surface area contributed by atoms with Crippen LogP contribution in [0.1, 0.15) is 32.6 Å². The average Bonchev–Trinajstić information content (AvgIpc) is 3.47. The topological polar surface area (TPSA) is 76.3 Å². The molecule has 2 atom stereocenters. The summed E-state index contributed by atoms with van der Waals surface area (Å²) in [4.78, 5) is 11.6. The van der Waals surface area contributed by atoms with E-state index in [0.29, 0.717) is 37.5 Å². The molecule has 2 aliphatic rings. The number of imidazole rings is 2. The van der Waals surface area contributed by atoms with E-state index >= 15 is 0 Å². The van der Waals surface area contributed by atoms with Crippen LogP contribution in [0.2, 0.25) is 0 Å². The summed E-state index contributed by atoms with van der Waals surface area (Å²) in [6, 6.07) is 8.55. The summed E-state index contributed by atoms with van der Waals surface area (Å²) in [6.45, 7) is 11.7. The van der Waals surface area contributed by atoms with Crippen molar-refractivity contribution < 1.29 is 8.42 Å². The van der Waals surface area contributed by atoms with Crippen molar-refractivity contribution in [1.82, 2.24) is 23.4 Å². The van der Waals surface area contributed by atoms with Crippen molar-refractivity contribution in [3.8, 4) is 0 Å². The van der Waals surface area contributed by atoms with Crippen LogP contribution in [0.15, 0.2) is 35.5 Å². The lowest BCUT2D eigenvalue weighted by molar-refractivity contribution is 0.449. The Hall–Kier alpha value is -2.39. The van der Waals surface area contributed by atoms with Crippen molar-refractivity contribution >= 4 is 27.0 Å². The zero-order valence-electron chi connectivity index (χ0n) is 18.6. The van der Waals surface area contributed by atoms with Gasteiger partial charge in [0.15, 0.2) is 5.03 Å². The Morgan fingerprint density at radius 2 is 1.74 bits per heavy atom. The lowest BCUT2D eigenvalue weighted by Gasteiger charge is -2.24. The van der Waals surface area contributed by atoms with Gasteiger partial charge in [-0.15, -0.1) is 0 Å². The Bertz CT molecular complexity index is 1210. The summed E-state index contributed by atoms with van der Waals surface area (Å²) < 4.78 is 32.2. The quantitative estimate of drug-likeness (QED) is 0.607. The molecule has 4 heterocycles. The van der Waals surface area contributed by atoms with Crippen LogP contribution in [-0.4, -0.2) is 58.0 Å². The molecular formula is C22H30N6O2S. The van der Waals surface area contributed by atoms with Crippen LogP contribution >= 0.6 is 0 Å². The van der Waals surface area contributed by atoms with Crippen LogP contribution in [0.25, 0.3) is 11.0 Å². The van der Waals surface area contributed by atoms with Gasteiger partial charge >= 0.3 is 0 Å². The third-order valence-electron chi connectivity index (χ3n) is 6.73. The van der Waals surface area contributed by atoms with E-state index in [0.717, 1.165) is 35.9 Å². The molecule has 0 radical (unpaired) electrons. The number of hydrogen-bond acceptors (Lipinski definition) is 5. The van der Waals surface area contributed by atoms with Gasteiger partial charge in [-0.1, -0.05) is 12.1 Å². The minimum Gasteiger partial charge on any atom is -0.342 e. The molecule has 5 rings (SSSR count). The second-order valence-electron chi connectivity index (χ2n) is 9.02. The summed E-state index contributed by atoms with van der Waals surface area (Å²) >= 11 is 0. The van der Waals surface area contributed by atoms with E-state index in [4.69, 9.17) is 4.98 Å². The van der Waals surface area contributed by atoms with E-state index in [2.05, 4.69) is 46.5 Å². The summed E-state index contributed by atoms with van der Waals surface area (Å²) in [5.74, 6) is 2.35. The average molecular weight is 443 g/mol. The summed E-state index contributed by atoms with van der Waals surface area (Å²) in [6.07, 6.45) is 1.66. The molecule has 0 spiro atoms. The zero-order valence-corrected chi connectivity index (χ0v) is 19.4. The van der Waals surface area contributed by atoms with E-state index < -0.39 is 10.0 Å². The van der Waals surface area contributed by atoms with Gasteiger partial charge in [0.25, 0.3) is 10.0 Å². The molecule has 31 heavy (non-hydrogen) atoms. The predicted octanol–water partition coefficient (Wildman–Crippen LogP) is 2.90. The van der Waals surface area contributed by atoms with E-state index in [1.165, 1.54) is 0 Å². The number of para-hydroxylation sites is 2. The van der Waals surface area contributed by atoms with Crippen molar-refractivity contribution in [1.29, 1.82) is 0 Å². The van der Waals surface area contributed by atoms with Gasteiger partial charge in [-0.2, -0.15) is 4.31 Å². The largest absolute Gasteiger partial charge is 0.342 e. The van der Waals surface area contributed by atoms with Crippen LogP contribution in [0.4, 0.5) is 5.95 Å². The normalized spacial score (nSPS) is 22.2. The molecule has 0 saturated carbocycles. The number of sulfonamides is 1. The lowest BCUT2D eigenvalue weighted by atomic mass is 10.0. The molecule has 2 saturated heterocycles. The molecule has 2 aliphatic heterocycles.